The molecule has 15 heavy (non-hydrogen) atoms. The number of carbonyl (C=O) groups excluding carboxylic acids is 1. The lowest BCUT2D eigenvalue weighted by Gasteiger charge is -2.19. The molecule has 3 unspecified atom stereocenters. The zero-order valence-corrected chi connectivity index (χ0v) is 8.36. The van der Waals surface area contributed by atoms with E-state index in [2.05, 4.69) is 0 Å². The first-order chi connectivity index (χ1) is 6.39. The van der Waals surface area contributed by atoms with Crippen LogP contribution in [0.15, 0.2) is 0 Å². The van der Waals surface area contributed by atoms with Gasteiger partial charge < -0.3 is 15.9 Å². The molecule has 4 N–H and O–H groups in total. The number of halogens is 1. The molecule has 2 rings (SSSR count). The fraction of sp³-hybridized carbons (Fsp3) is 0.625. The van der Waals surface area contributed by atoms with Gasteiger partial charge in [-0.2, -0.15) is 0 Å². The predicted octanol–water partition coefficient (Wildman–Crippen LogP) is -0.890. The standard InChI is InChI=1S/C8H9NO5.ClH/c9-8(7(13)14)1-2(10)3-4(5(3)8)6(11)12;/h3-5H,1,9H2,(H,11,12)(H,13,14);1H/t3?,4?,5-,8?;/m1./s1. The molecule has 2 saturated carbocycles. The number of hydrogen-bond donors (Lipinski definition) is 3. The summed E-state index contributed by atoms with van der Waals surface area (Å²) in [6.45, 7) is 0. The predicted molar refractivity (Wildman–Crippen MR) is 49.5 cm³/mol. The Hall–Kier alpha value is -1.14. The van der Waals surface area contributed by atoms with E-state index in [-0.39, 0.29) is 24.6 Å². The van der Waals surface area contributed by atoms with Crippen molar-refractivity contribution in [2.75, 3.05) is 0 Å². The Labute approximate surface area is 90.8 Å². The summed E-state index contributed by atoms with van der Waals surface area (Å²) >= 11 is 0. The van der Waals surface area contributed by atoms with Gasteiger partial charge in [0.2, 0.25) is 0 Å². The van der Waals surface area contributed by atoms with Gasteiger partial charge in [0, 0.05) is 18.3 Å². The average molecular weight is 236 g/mol. The molecule has 2 aliphatic carbocycles. The number of Topliss-reactive ketones (excluding diaryl/α,β-unsaturated/α-hetero) is 1. The van der Waals surface area contributed by atoms with Crippen molar-refractivity contribution in [2.24, 2.45) is 23.5 Å². The average Bonchev–Trinajstić information content (AvgIpc) is 2.72. The van der Waals surface area contributed by atoms with Crippen molar-refractivity contribution in [3.63, 3.8) is 0 Å². The van der Waals surface area contributed by atoms with Gasteiger partial charge in [-0.15, -0.1) is 12.4 Å². The van der Waals surface area contributed by atoms with E-state index >= 15 is 0 Å². The molecule has 0 spiro atoms. The highest BCUT2D eigenvalue weighted by molar-refractivity contribution is 6.02. The first kappa shape index (κ1) is 11.9. The van der Waals surface area contributed by atoms with Gasteiger partial charge in [-0.3, -0.25) is 14.4 Å². The Balaban J connectivity index is 0.00000112. The van der Waals surface area contributed by atoms with Crippen molar-refractivity contribution in [3.8, 4) is 0 Å². The van der Waals surface area contributed by atoms with Gasteiger partial charge in [-0.05, 0) is 0 Å². The maximum atomic E-state index is 11.2. The molecule has 0 saturated heterocycles. The zero-order chi connectivity index (χ0) is 10.7. The normalized spacial score (nSPS) is 41.7. The number of carbonyl (C=O) groups is 3. The number of carboxylic acid groups (broad SMARTS) is 2. The number of hydrogen-bond acceptors (Lipinski definition) is 4. The highest BCUT2D eigenvalue weighted by Gasteiger charge is 2.74. The third-order valence-corrected chi connectivity index (χ3v) is 3.14. The lowest BCUT2D eigenvalue weighted by atomic mass is 9.91. The molecule has 4 atom stereocenters. The molecule has 6 nitrogen and oxygen atoms in total. The Morgan fingerprint density at radius 2 is 1.93 bits per heavy atom. The number of rotatable bonds is 2. The highest BCUT2D eigenvalue weighted by atomic mass is 35.5. The van der Waals surface area contributed by atoms with Crippen LogP contribution < -0.4 is 5.73 Å². The summed E-state index contributed by atoms with van der Waals surface area (Å²) in [4.78, 5) is 32.7. The number of fused-ring (bicyclic) bond motifs is 1. The Morgan fingerprint density at radius 3 is 2.27 bits per heavy atom. The molecule has 2 fully saturated rings. The topological polar surface area (TPSA) is 118 Å². The summed E-state index contributed by atoms with van der Waals surface area (Å²) < 4.78 is 0. The van der Waals surface area contributed by atoms with Crippen LogP contribution in [-0.2, 0) is 14.4 Å². The molecule has 84 valence electrons. The van der Waals surface area contributed by atoms with Gasteiger partial charge in [0.05, 0.1) is 5.92 Å². The van der Waals surface area contributed by atoms with E-state index in [4.69, 9.17) is 15.9 Å². The van der Waals surface area contributed by atoms with E-state index in [1.165, 1.54) is 0 Å². The second kappa shape index (κ2) is 3.18. The van der Waals surface area contributed by atoms with Crippen LogP contribution in [0.1, 0.15) is 6.42 Å². The second-order valence-corrected chi connectivity index (χ2v) is 3.90. The van der Waals surface area contributed by atoms with E-state index in [1.54, 1.807) is 0 Å². The van der Waals surface area contributed by atoms with Crippen LogP contribution >= 0.6 is 12.4 Å². The van der Waals surface area contributed by atoms with Gasteiger partial charge in [0.1, 0.15) is 11.3 Å². The second-order valence-electron chi connectivity index (χ2n) is 3.90. The summed E-state index contributed by atoms with van der Waals surface area (Å²) in [7, 11) is 0. The summed E-state index contributed by atoms with van der Waals surface area (Å²) in [6.07, 6.45) is -0.249. The lowest BCUT2D eigenvalue weighted by Crippen LogP contribution is -2.50. The van der Waals surface area contributed by atoms with Gasteiger partial charge >= 0.3 is 11.9 Å². The molecule has 0 heterocycles. The van der Waals surface area contributed by atoms with E-state index in [1.807, 2.05) is 0 Å². The Kier molecular flexibility index (Phi) is 2.53. The molecule has 0 aromatic heterocycles. The SMILES string of the molecule is Cl.NC1(C(=O)O)CC(=O)C2C(C(=O)O)[C@@H]21. The minimum Gasteiger partial charge on any atom is -0.481 e. The third kappa shape index (κ3) is 1.32. The number of nitrogens with two attached hydrogens (primary N) is 1. The maximum Gasteiger partial charge on any atom is 0.324 e. The lowest BCUT2D eigenvalue weighted by molar-refractivity contribution is -0.146. The fourth-order valence-corrected chi connectivity index (χ4v) is 2.40. The van der Waals surface area contributed by atoms with Crippen molar-refractivity contribution in [2.45, 2.75) is 12.0 Å². The number of ketones is 1. The Bertz CT molecular complexity index is 353. The van der Waals surface area contributed by atoms with Crippen LogP contribution in [0.5, 0.6) is 0 Å². The Morgan fingerprint density at radius 1 is 1.40 bits per heavy atom. The third-order valence-electron chi connectivity index (χ3n) is 3.14. The smallest absolute Gasteiger partial charge is 0.324 e. The molecule has 0 aromatic carbocycles. The first-order valence-corrected chi connectivity index (χ1v) is 4.17. The van der Waals surface area contributed by atoms with Gasteiger partial charge in [-0.25, -0.2) is 0 Å². The van der Waals surface area contributed by atoms with Gasteiger partial charge in [0.25, 0.3) is 0 Å². The molecule has 0 bridgehead atoms. The molecular weight excluding hydrogens is 226 g/mol. The van der Waals surface area contributed by atoms with Crippen LogP contribution in [-0.4, -0.2) is 33.5 Å². The van der Waals surface area contributed by atoms with Crippen molar-refractivity contribution < 1.29 is 24.6 Å². The zero-order valence-electron chi connectivity index (χ0n) is 7.54. The van der Waals surface area contributed by atoms with E-state index < -0.39 is 35.2 Å². The highest BCUT2D eigenvalue weighted by Crippen LogP contribution is 2.59. The molecule has 0 amide bonds. The van der Waals surface area contributed by atoms with Gasteiger partial charge in [0.15, 0.2) is 0 Å². The quantitative estimate of drug-likeness (QED) is 0.572. The van der Waals surface area contributed by atoms with Gasteiger partial charge in [-0.1, -0.05) is 0 Å². The van der Waals surface area contributed by atoms with Crippen LogP contribution in [0.25, 0.3) is 0 Å². The first-order valence-electron chi connectivity index (χ1n) is 4.17. The number of aliphatic carboxylic acids is 2. The van der Waals surface area contributed by atoms with Crippen LogP contribution in [0.4, 0.5) is 0 Å². The molecule has 0 aliphatic heterocycles. The molecule has 0 aromatic rings. The minimum atomic E-state index is -1.66. The van der Waals surface area contributed by atoms with Crippen molar-refractivity contribution >= 4 is 30.1 Å². The summed E-state index contributed by atoms with van der Waals surface area (Å²) in [5.41, 5.74) is 3.86. The van der Waals surface area contributed by atoms with E-state index in [0.29, 0.717) is 0 Å². The molecular formula is C8H10ClNO5. The summed E-state index contributed by atoms with van der Waals surface area (Å²) in [5.74, 6) is -5.05. The van der Waals surface area contributed by atoms with Crippen LogP contribution in [0, 0.1) is 17.8 Å². The van der Waals surface area contributed by atoms with Crippen molar-refractivity contribution in [3.05, 3.63) is 0 Å². The molecule has 2 aliphatic rings. The fourth-order valence-electron chi connectivity index (χ4n) is 2.40. The largest absolute Gasteiger partial charge is 0.481 e. The van der Waals surface area contributed by atoms with Crippen LogP contribution in [0.2, 0.25) is 0 Å². The summed E-state index contributed by atoms with van der Waals surface area (Å²) in [5, 5.41) is 17.5. The summed E-state index contributed by atoms with van der Waals surface area (Å²) in [6, 6.07) is 0. The van der Waals surface area contributed by atoms with E-state index in [0.717, 1.165) is 0 Å². The van der Waals surface area contributed by atoms with Crippen molar-refractivity contribution in [1.82, 2.24) is 0 Å². The molecule has 0 radical (unpaired) electrons. The van der Waals surface area contributed by atoms with Crippen LogP contribution in [0.3, 0.4) is 0 Å². The minimum absolute atomic E-state index is 0. The van der Waals surface area contributed by atoms with Crippen molar-refractivity contribution in [1.29, 1.82) is 0 Å². The maximum absolute atomic E-state index is 11.2. The number of carboxylic acids is 2. The monoisotopic (exact) mass is 235 g/mol. The molecule has 7 heteroatoms. The van der Waals surface area contributed by atoms with E-state index in [9.17, 15) is 14.4 Å².